The highest BCUT2D eigenvalue weighted by molar-refractivity contribution is 5.79. The third-order valence-corrected chi connectivity index (χ3v) is 4.51. The molecule has 7 heteroatoms. The minimum Gasteiger partial charge on any atom is -0.490 e. The monoisotopic (exact) mass is 342 g/mol. The van der Waals surface area contributed by atoms with E-state index in [0.717, 1.165) is 35.9 Å². The van der Waals surface area contributed by atoms with E-state index < -0.39 is 0 Å². The van der Waals surface area contributed by atoms with Gasteiger partial charge in [-0.05, 0) is 25.3 Å². The number of aryl methyl sites for hydroxylation is 1. The number of nitrogens with zero attached hydrogens (tertiary/aromatic N) is 5. The Kier molecular flexibility index (Phi) is 5.53. The molecule has 0 unspecified atom stereocenters. The molecule has 0 saturated heterocycles. The lowest BCUT2D eigenvalue weighted by molar-refractivity contribution is 0.119. The van der Waals surface area contributed by atoms with Gasteiger partial charge in [0.25, 0.3) is 0 Å². The van der Waals surface area contributed by atoms with Gasteiger partial charge in [-0.2, -0.15) is 5.10 Å². The van der Waals surface area contributed by atoms with Gasteiger partial charge in [0.1, 0.15) is 17.9 Å². The molecule has 0 atom stereocenters. The van der Waals surface area contributed by atoms with Crippen molar-refractivity contribution < 1.29 is 4.74 Å². The maximum atomic E-state index is 6.09. The van der Waals surface area contributed by atoms with Crippen LogP contribution in [0.3, 0.4) is 0 Å². The quantitative estimate of drug-likeness (QED) is 0.642. The van der Waals surface area contributed by atoms with Gasteiger partial charge in [-0.1, -0.05) is 18.2 Å². The summed E-state index contributed by atoms with van der Waals surface area (Å²) in [5, 5.41) is 7.51. The predicted octanol–water partition coefficient (Wildman–Crippen LogP) is 1.95. The van der Waals surface area contributed by atoms with Gasteiger partial charge in [-0.25, -0.2) is 4.98 Å². The highest BCUT2D eigenvalue weighted by atomic mass is 16.5. The molecule has 1 heterocycles. The summed E-state index contributed by atoms with van der Waals surface area (Å²) in [5.41, 5.74) is 1.14. The zero-order chi connectivity index (χ0) is 17.6. The number of aromatic nitrogens is 3. The molecule has 1 aliphatic rings. The van der Waals surface area contributed by atoms with Crippen LogP contribution < -0.4 is 10.1 Å². The number of para-hydroxylation sites is 1. The van der Waals surface area contributed by atoms with Crippen LogP contribution in [0.15, 0.2) is 35.6 Å². The summed E-state index contributed by atoms with van der Waals surface area (Å²) >= 11 is 0. The molecule has 2 aromatic rings. The van der Waals surface area contributed by atoms with Crippen molar-refractivity contribution in [2.45, 2.75) is 38.5 Å². The van der Waals surface area contributed by atoms with E-state index in [1.165, 1.54) is 6.42 Å². The zero-order valence-corrected chi connectivity index (χ0v) is 15.1. The van der Waals surface area contributed by atoms with Crippen molar-refractivity contribution >= 4 is 5.96 Å². The fourth-order valence-electron chi connectivity index (χ4n) is 2.74. The van der Waals surface area contributed by atoms with E-state index >= 15 is 0 Å². The van der Waals surface area contributed by atoms with Crippen LogP contribution in [0.1, 0.15) is 30.7 Å². The van der Waals surface area contributed by atoms with Gasteiger partial charge >= 0.3 is 0 Å². The Labute approximate surface area is 148 Å². The molecule has 7 nitrogen and oxygen atoms in total. The van der Waals surface area contributed by atoms with Gasteiger partial charge in [-0.3, -0.25) is 9.67 Å². The third-order valence-electron chi connectivity index (χ3n) is 4.51. The van der Waals surface area contributed by atoms with E-state index in [9.17, 15) is 0 Å². The van der Waals surface area contributed by atoms with Crippen LogP contribution in [0.2, 0.25) is 0 Å². The minimum atomic E-state index is 0.374. The van der Waals surface area contributed by atoms with Crippen LogP contribution in [0.4, 0.5) is 0 Å². The van der Waals surface area contributed by atoms with Crippen molar-refractivity contribution in [1.82, 2.24) is 25.0 Å². The second-order valence-electron chi connectivity index (χ2n) is 6.34. The van der Waals surface area contributed by atoms with E-state index in [1.807, 2.05) is 37.2 Å². The number of hydrogen-bond acceptors (Lipinski definition) is 4. The summed E-state index contributed by atoms with van der Waals surface area (Å²) in [5.74, 6) is 2.66. The molecule has 1 N–H and O–H groups in total. The van der Waals surface area contributed by atoms with Crippen LogP contribution in [-0.2, 0) is 20.1 Å². The first-order valence-corrected chi connectivity index (χ1v) is 8.66. The summed E-state index contributed by atoms with van der Waals surface area (Å²) in [6, 6.07) is 8.20. The standard InChI is InChI=1S/C18H26N6O/c1-19-18(23(2)12-17-21-13-22-24(17)3)20-11-14-7-4-5-10-16(14)25-15-8-6-9-15/h4-5,7,10,13,15H,6,8-9,11-12H2,1-3H3,(H,19,20). The Morgan fingerprint density at radius 1 is 1.40 bits per heavy atom. The number of benzene rings is 1. The normalized spacial score (nSPS) is 14.9. The summed E-state index contributed by atoms with van der Waals surface area (Å²) in [6.07, 6.45) is 5.52. The molecule has 1 aliphatic carbocycles. The molecule has 134 valence electrons. The van der Waals surface area contributed by atoms with E-state index in [4.69, 9.17) is 4.74 Å². The lowest BCUT2D eigenvalue weighted by Crippen LogP contribution is -2.38. The number of nitrogens with one attached hydrogen (secondary N) is 1. The molecule has 1 saturated carbocycles. The fraction of sp³-hybridized carbons (Fsp3) is 0.500. The number of ether oxygens (including phenoxy) is 1. The average Bonchev–Trinajstić information content (AvgIpc) is 2.97. The summed E-state index contributed by atoms with van der Waals surface area (Å²) < 4.78 is 7.86. The Balaban J connectivity index is 1.60. The van der Waals surface area contributed by atoms with Gasteiger partial charge in [0.15, 0.2) is 5.96 Å². The molecule has 0 aliphatic heterocycles. The Morgan fingerprint density at radius 2 is 2.20 bits per heavy atom. The molecule has 0 radical (unpaired) electrons. The molecule has 1 fully saturated rings. The summed E-state index contributed by atoms with van der Waals surface area (Å²) in [7, 11) is 5.66. The minimum absolute atomic E-state index is 0.374. The predicted molar refractivity (Wildman–Crippen MR) is 97.4 cm³/mol. The maximum absolute atomic E-state index is 6.09. The lowest BCUT2D eigenvalue weighted by atomic mass is 9.96. The van der Waals surface area contributed by atoms with Crippen molar-refractivity contribution in [2.75, 3.05) is 14.1 Å². The summed E-state index contributed by atoms with van der Waals surface area (Å²) in [6.45, 7) is 1.30. The van der Waals surface area contributed by atoms with Gasteiger partial charge in [0, 0.05) is 33.3 Å². The first-order chi connectivity index (χ1) is 12.2. The van der Waals surface area contributed by atoms with E-state index in [2.05, 4.69) is 26.5 Å². The third kappa shape index (κ3) is 4.29. The van der Waals surface area contributed by atoms with Crippen LogP contribution in [0.5, 0.6) is 5.75 Å². The van der Waals surface area contributed by atoms with Crippen molar-refractivity contribution in [3.63, 3.8) is 0 Å². The van der Waals surface area contributed by atoms with Crippen LogP contribution in [0, 0.1) is 0 Å². The van der Waals surface area contributed by atoms with Crippen LogP contribution >= 0.6 is 0 Å². The molecule has 1 aromatic carbocycles. The molecule has 3 rings (SSSR count). The van der Waals surface area contributed by atoms with Crippen molar-refractivity contribution in [2.24, 2.45) is 12.0 Å². The Hall–Kier alpha value is -2.57. The van der Waals surface area contributed by atoms with Gasteiger partial charge in [0.2, 0.25) is 0 Å². The van der Waals surface area contributed by atoms with E-state index in [-0.39, 0.29) is 0 Å². The van der Waals surface area contributed by atoms with Gasteiger partial charge < -0.3 is 15.0 Å². The van der Waals surface area contributed by atoms with Gasteiger partial charge in [0.05, 0.1) is 12.6 Å². The van der Waals surface area contributed by atoms with Crippen LogP contribution in [-0.4, -0.2) is 45.8 Å². The van der Waals surface area contributed by atoms with E-state index in [0.29, 0.717) is 19.2 Å². The second kappa shape index (κ2) is 8.00. The van der Waals surface area contributed by atoms with Crippen molar-refractivity contribution in [3.05, 3.63) is 42.0 Å². The molecular formula is C18H26N6O. The number of aliphatic imine (C=N–C) groups is 1. The van der Waals surface area contributed by atoms with Crippen molar-refractivity contribution in [3.8, 4) is 5.75 Å². The average molecular weight is 342 g/mol. The molecule has 0 bridgehead atoms. The highest BCUT2D eigenvalue weighted by Gasteiger charge is 2.20. The largest absolute Gasteiger partial charge is 0.490 e. The number of guanidine groups is 1. The smallest absolute Gasteiger partial charge is 0.194 e. The molecule has 0 amide bonds. The second-order valence-corrected chi connectivity index (χ2v) is 6.34. The topological polar surface area (TPSA) is 67.6 Å². The Morgan fingerprint density at radius 3 is 2.84 bits per heavy atom. The lowest BCUT2D eigenvalue weighted by Gasteiger charge is -2.28. The SMILES string of the molecule is CN=C(NCc1ccccc1OC1CCC1)N(C)Cc1ncnn1C. The van der Waals surface area contributed by atoms with Crippen LogP contribution in [0.25, 0.3) is 0 Å². The number of rotatable bonds is 6. The molecular weight excluding hydrogens is 316 g/mol. The highest BCUT2D eigenvalue weighted by Crippen LogP contribution is 2.27. The molecule has 1 aromatic heterocycles. The van der Waals surface area contributed by atoms with E-state index in [1.54, 1.807) is 18.1 Å². The maximum Gasteiger partial charge on any atom is 0.194 e. The van der Waals surface area contributed by atoms with Crippen molar-refractivity contribution in [1.29, 1.82) is 0 Å². The van der Waals surface area contributed by atoms with Gasteiger partial charge in [-0.15, -0.1) is 0 Å². The molecule has 0 spiro atoms. The Bertz CT molecular complexity index is 722. The fourth-order valence-corrected chi connectivity index (χ4v) is 2.74. The summed E-state index contributed by atoms with van der Waals surface area (Å²) in [4.78, 5) is 10.7. The molecule has 25 heavy (non-hydrogen) atoms. The first kappa shape index (κ1) is 17.3. The zero-order valence-electron chi connectivity index (χ0n) is 15.1. The number of hydrogen-bond donors (Lipinski definition) is 1. The first-order valence-electron chi connectivity index (χ1n) is 8.66.